The number of amides is 2. The molecule has 0 aromatic carbocycles. The number of urea groups is 1. The van der Waals surface area contributed by atoms with Crippen molar-refractivity contribution in [2.45, 2.75) is 107 Å². The number of likely N-dealkylation sites (tertiary alicyclic amines) is 2. The van der Waals surface area contributed by atoms with Crippen LogP contribution in [0.15, 0.2) is 4.52 Å². The molecule has 37 heavy (non-hydrogen) atoms. The highest BCUT2D eigenvalue weighted by Crippen LogP contribution is 2.41. The molecule has 1 aromatic heterocycles. The molecule has 3 heterocycles. The highest BCUT2D eigenvalue weighted by Gasteiger charge is 2.51. The van der Waals surface area contributed by atoms with Crippen LogP contribution < -0.4 is 5.32 Å². The SMILES string of the molecule is CN(CC1CC1)[C@H]1CCN([C@H]2CCCC(F)(F)[C@@H]2NC(=O)N2CCC(C)(c3noc(C4CC4)n3)CC2)C1. The van der Waals surface area contributed by atoms with Gasteiger partial charge in [0.2, 0.25) is 5.89 Å². The van der Waals surface area contributed by atoms with Crippen LogP contribution in [0.1, 0.15) is 88.8 Å². The molecule has 0 spiro atoms. The minimum Gasteiger partial charge on any atom is -0.339 e. The van der Waals surface area contributed by atoms with Crippen LogP contribution in [0.2, 0.25) is 0 Å². The van der Waals surface area contributed by atoms with Gasteiger partial charge in [-0.05, 0) is 70.8 Å². The molecule has 6 rings (SSSR count). The van der Waals surface area contributed by atoms with E-state index in [1.54, 1.807) is 4.90 Å². The maximum absolute atomic E-state index is 15.3. The fraction of sp³-hybridized carbons (Fsp3) is 0.889. The zero-order valence-electron chi connectivity index (χ0n) is 22.3. The summed E-state index contributed by atoms with van der Waals surface area (Å²) >= 11 is 0. The summed E-state index contributed by atoms with van der Waals surface area (Å²) in [4.78, 5) is 24.3. The number of hydrogen-bond acceptors (Lipinski definition) is 6. The summed E-state index contributed by atoms with van der Waals surface area (Å²) in [5, 5.41) is 7.05. The largest absolute Gasteiger partial charge is 0.339 e. The van der Waals surface area contributed by atoms with E-state index in [0.717, 1.165) is 50.7 Å². The lowest BCUT2D eigenvalue weighted by atomic mass is 9.79. The van der Waals surface area contributed by atoms with Crippen LogP contribution in [0.25, 0.3) is 0 Å². The van der Waals surface area contributed by atoms with E-state index in [2.05, 4.69) is 39.2 Å². The van der Waals surface area contributed by atoms with Gasteiger partial charge in [0.05, 0.1) is 0 Å². The van der Waals surface area contributed by atoms with Crippen LogP contribution >= 0.6 is 0 Å². The number of carbonyl (C=O) groups is 1. The van der Waals surface area contributed by atoms with Gasteiger partial charge in [0.1, 0.15) is 6.04 Å². The smallest absolute Gasteiger partial charge is 0.317 e. The Bertz CT molecular complexity index is 972. The Kier molecular flexibility index (Phi) is 6.70. The average Bonchev–Trinajstić information content (AvgIpc) is 3.78. The number of hydrogen-bond donors (Lipinski definition) is 1. The molecule has 0 unspecified atom stereocenters. The molecule has 10 heteroatoms. The Morgan fingerprint density at radius 2 is 1.86 bits per heavy atom. The molecule has 3 aliphatic carbocycles. The van der Waals surface area contributed by atoms with Gasteiger partial charge < -0.3 is 19.6 Å². The standard InChI is InChI=1S/C27H42F2N6O2/c1-26(24-31-23(37-32-24)19-7-8-19)11-14-34(15-12-26)25(36)30-22-21(4-3-10-27(22,28)29)35-13-9-20(17-35)33(2)16-18-5-6-18/h18-22H,3-17H2,1-2H3,(H,30,36)/t20-,21-,22+/m0/s1. The number of aromatic nitrogens is 2. The zero-order chi connectivity index (χ0) is 25.8. The second-order valence-electron chi connectivity index (χ2n) is 12.7. The van der Waals surface area contributed by atoms with Gasteiger partial charge in [0, 0.05) is 62.6 Å². The van der Waals surface area contributed by atoms with Crippen molar-refractivity contribution in [3.8, 4) is 0 Å². The molecule has 2 aliphatic heterocycles. The number of alkyl halides is 2. The van der Waals surface area contributed by atoms with Gasteiger partial charge in [-0.1, -0.05) is 12.1 Å². The van der Waals surface area contributed by atoms with Crippen LogP contribution in [0.4, 0.5) is 13.6 Å². The molecular formula is C27H42F2N6O2. The molecule has 5 fully saturated rings. The third kappa shape index (κ3) is 5.37. The average molecular weight is 521 g/mol. The summed E-state index contributed by atoms with van der Waals surface area (Å²) in [5.74, 6) is -0.236. The van der Waals surface area contributed by atoms with E-state index in [4.69, 9.17) is 4.52 Å². The molecule has 0 radical (unpaired) electrons. The summed E-state index contributed by atoms with van der Waals surface area (Å²) in [5.41, 5.74) is -0.262. The number of nitrogens with zero attached hydrogens (tertiary/aromatic N) is 5. The molecule has 8 nitrogen and oxygen atoms in total. The van der Waals surface area contributed by atoms with Gasteiger partial charge in [-0.3, -0.25) is 4.90 Å². The van der Waals surface area contributed by atoms with Crippen molar-refractivity contribution in [2.75, 3.05) is 39.8 Å². The first-order chi connectivity index (χ1) is 17.7. The summed E-state index contributed by atoms with van der Waals surface area (Å²) < 4.78 is 36.0. The lowest BCUT2D eigenvalue weighted by Gasteiger charge is -2.44. The lowest BCUT2D eigenvalue weighted by Crippen LogP contribution is -2.64. The third-order valence-electron chi connectivity index (χ3n) is 9.72. The van der Waals surface area contributed by atoms with Crippen LogP contribution in [0, 0.1) is 5.92 Å². The van der Waals surface area contributed by atoms with Gasteiger partial charge in [0.15, 0.2) is 5.82 Å². The minimum absolute atomic E-state index is 0.160. The number of carbonyl (C=O) groups excluding carboxylic acids is 1. The third-order valence-corrected chi connectivity index (χ3v) is 9.72. The first-order valence-corrected chi connectivity index (χ1v) is 14.4. The maximum atomic E-state index is 15.3. The first-order valence-electron chi connectivity index (χ1n) is 14.4. The first kappa shape index (κ1) is 25.5. The minimum atomic E-state index is -2.90. The Balaban J connectivity index is 1.07. The van der Waals surface area contributed by atoms with Gasteiger partial charge in [0.25, 0.3) is 5.92 Å². The lowest BCUT2D eigenvalue weighted by molar-refractivity contribution is -0.0898. The molecule has 0 bridgehead atoms. The molecule has 5 aliphatic rings. The van der Waals surface area contributed by atoms with Crippen molar-refractivity contribution < 1.29 is 18.1 Å². The molecule has 1 N–H and O–H groups in total. The van der Waals surface area contributed by atoms with Crippen molar-refractivity contribution in [2.24, 2.45) is 5.92 Å². The number of piperidine rings is 1. The second kappa shape index (κ2) is 9.74. The number of rotatable bonds is 7. The second-order valence-corrected chi connectivity index (χ2v) is 12.7. The molecule has 1 aromatic rings. The molecular weight excluding hydrogens is 478 g/mol. The molecule has 2 saturated heterocycles. The van der Waals surface area contributed by atoms with E-state index in [0.29, 0.717) is 56.6 Å². The summed E-state index contributed by atoms with van der Waals surface area (Å²) in [6, 6.07) is -1.42. The van der Waals surface area contributed by atoms with E-state index in [1.165, 1.54) is 12.8 Å². The topological polar surface area (TPSA) is 77.7 Å². The summed E-state index contributed by atoms with van der Waals surface area (Å²) in [7, 11) is 2.17. The van der Waals surface area contributed by atoms with Crippen LogP contribution in [0.5, 0.6) is 0 Å². The molecule has 3 saturated carbocycles. The van der Waals surface area contributed by atoms with Crippen molar-refractivity contribution in [3.05, 3.63) is 11.7 Å². The van der Waals surface area contributed by atoms with Crippen molar-refractivity contribution >= 4 is 6.03 Å². The number of halogens is 2. The van der Waals surface area contributed by atoms with Crippen LogP contribution in [-0.2, 0) is 5.41 Å². The van der Waals surface area contributed by atoms with Crippen LogP contribution in [-0.4, -0.2) is 94.7 Å². The predicted molar refractivity (Wildman–Crippen MR) is 135 cm³/mol. The van der Waals surface area contributed by atoms with Gasteiger partial charge in [-0.15, -0.1) is 0 Å². The Morgan fingerprint density at radius 1 is 1.11 bits per heavy atom. The fourth-order valence-corrected chi connectivity index (χ4v) is 6.66. The number of nitrogens with one attached hydrogen (secondary N) is 1. The zero-order valence-corrected chi connectivity index (χ0v) is 22.3. The van der Waals surface area contributed by atoms with Gasteiger partial charge >= 0.3 is 6.03 Å². The quantitative estimate of drug-likeness (QED) is 0.586. The highest BCUT2D eigenvalue weighted by molar-refractivity contribution is 5.75. The van der Waals surface area contributed by atoms with Crippen molar-refractivity contribution in [1.82, 2.24) is 30.2 Å². The molecule has 3 atom stereocenters. The monoisotopic (exact) mass is 520 g/mol. The summed E-state index contributed by atoms with van der Waals surface area (Å²) in [6.45, 7) is 5.85. The maximum Gasteiger partial charge on any atom is 0.317 e. The van der Waals surface area contributed by atoms with E-state index in [1.807, 2.05) is 0 Å². The van der Waals surface area contributed by atoms with Crippen molar-refractivity contribution in [3.63, 3.8) is 0 Å². The van der Waals surface area contributed by atoms with E-state index >= 15 is 8.78 Å². The Labute approximate surface area is 218 Å². The number of likely N-dealkylation sites (N-methyl/N-ethyl adjacent to an activating group) is 1. The Morgan fingerprint density at radius 3 is 2.57 bits per heavy atom. The van der Waals surface area contributed by atoms with Gasteiger partial charge in [-0.2, -0.15) is 4.98 Å². The highest BCUT2D eigenvalue weighted by atomic mass is 19.3. The van der Waals surface area contributed by atoms with E-state index in [9.17, 15) is 4.79 Å². The normalized spacial score (nSPS) is 32.1. The van der Waals surface area contributed by atoms with Gasteiger partial charge in [-0.25, -0.2) is 13.6 Å². The van der Waals surface area contributed by atoms with Crippen molar-refractivity contribution in [1.29, 1.82) is 0 Å². The Hall–Kier alpha value is -1.81. The molecule has 2 amide bonds. The fourth-order valence-electron chi connectivity index (χ4n) is 6.66. The van der Waals surface area contributed by atoms with Crippen LogP contribution in [0.3, 0.4) is 0 Å². The molecule has 206 valence electrons. The van der Waals surface area contributed by atoms with E-state index < -0.39 is 12.0 Å². The summed E-state index contributed by atoms with van der Waals surface area (Å²) in [6.07, 6.45) is 8.28. The van der Waals surface area contributed by atoms with E-state index in [-0.39, 0.29) is 23.9 Å². The predicted octanol–water partition coefficient (Wildman–Crippen LogP) is 3.98.